The summed E-state index contributed by atoms with van der Waals surface area (Å²) in [7, 11) is 3.71. The molecule has 3 amide bonds. The lowest BCUT2D eigenvalue weighted by Gasteiger charge is -2.32. The minimum absolute atomic E-state index is 0.0467. The van der Waals surface area contributed by atoms with Gasteiger partial charge in [-0.3, -0.25) is 24.0 Å². The fraction of sp³-hybridized carbons (Fsp3) is 0.522. The number of rotatable bonds is 1. The smallest absolute Gasteiger partial charge is 0.272 e. The van der Waals surface area contributed by atoms with E-state index < -0.39 is 0 Å². The van der Waals surface area contributed by atoms with Crippen molar-refractivity contribution in [2.24, 2.45) is 7.05 Å². The number of carbonyl (C=O) groups is 3. The van der Waals surface area contributed by atoms with Crippen LogP contribution >= 0.6 is 0 Å². The van der Waals surface area contributed by atoms with Crippen LogP contribution in [0.3, 0.4) is 0 Å². The molecule has 1 atom stereocenters. The van der Waals surface area contributed by atoms with Crippen LogP contribution in [0.15, 0.2) is 24.5 Å². The first-order valence-corrected chi connectivity index (χ1v) is 11.2. The van der Waals surface area contributed by atoms with E-state index >= 15 is 0 Å². The highest BCUT2D eigenvalue weighted by atomic mass is 16.2. The Morgan fingerprint density at radius 1 is 1.09 bits per heavy atom. The number of hydrogen-bond donors (Lipinski definition) is 1. The molecule has 0 saturated carbocycles. The Kier molecular flexibility index (Phi) is 6.53. The summed E-state index contributed by atoms with van der Waals surface area (Å²) in [6.45, 7) is 1.44. The van der Waals surface area contributed by atoms with Crippen LogP contribution in [0.1, 0.15) is 57.8 Å². The third-order valence-corrected chi connectivity index (χ3v) is 6.51. The summed E-state index contributed by atoms with van der Waals surface area (Å²) < 4.78 is 1.79. The van der Waals surface area contributed by atoms with E-state index in [4.69, 9.17) is 0 Å². The van der Waals surface area contributed by atoms with E-state index in [2.05, 4.69) is 15.4 Å². The predicted molar refractivity (Wildman–Crippen MR) is 118 cm³/mol. The number of aromatic nitrogens is 3. The number of likely N-dealkylation sites (N-methyl/N-ethyl adjacent to an activating group) is 1. The summed E-state index contributed by atoms with van der Waals surface area (Å²) in [4.78, 5) is 46.3. The highest BCUT2D eigenvalue weighted by Crippen LogP contribution is 2.27. The maximum atomic E-state index is 13.0. The Hall–Kier alpha value is -3.23. The average Bonchev–Trinajstić information content (AvgIpc) is 3.15. The Morgan fingerprint density at radius 2 is 1.84 bits per heavy atom. The predicted octanol–water partition coefficient (Wildman–Crippen LogP) is 1.19. The molecule has 0 saturated heterocycles. The molecule has 2 aromatic heterocycles. The summed E-state index contributed by atoms with van der Waals surface area (Å²) in [5.74, 6) is -0.214. The minimum atomic E-state index is -0.196. The van der Waals surface area contributed by atoms with Gasteiger partial charge in [-0.2, -0.15) is 5.10 Å². The summed E-state index contributed by atoms with van der Waals surface area (Å²) in [5.41, 5.74) is 3.05. The van der Waals surface area contributed by atoms with Gasteiger partial charge in [0.15, 0.2) is 5.69 Å². The Labute approximate surface area is 187 Å². The molecule has 9 heteroatoms. The van der Waals surface area contributed by atoms with Crippen LogP contribution in [0.25, 0.3) is 0 Å². The molecular weight excluding hydrogens is 408 g/mol. The molecule has 170 valence electrons. The van der Waals surface area contributed by atoms with Crippen LogP contribution in [-0.2, 0) is 24.7 Å². The van der Waals surface area contributed by atoms with E-state index in [9.17, 15) is 14.4 Å². The number of fused-ring (bicyclic) bond motifs is 1. The van der Waals surface area contributed by atoms with Gasteiger partial charge in [-0.15, -0.1) is 0 Å². The van der Waals surface area contributed by atoms with Crippen molar-refractivity contribution < 1.29 is 14.4 Å². The normalized spacial score (nSPS) is 20.4. The number of nitrogens with zero attached hydrogens (tertiary/aromatic N) is 5. The lowest BCUT2D eigenvalue weighted by Crippen LogP contribution is -2.41. The van der Waals surface area contributed by atoms with Crippen molar-refractivity contribution >= 4 is 17.7 Å². The molecule has 9 nitrogen and oxygen atoms in total. The molecule has 0 spiro atoms. The number of aryl methyl sites for hydroxylation is 1. The number of nitrogens with one attached hydrogen (secondary N) is 1. The van der Waals surface area contributed by atoms with Crippen molar-refractivity contribution in [2.45, 2.75) is 44.6 Å². The quantitative estimate of drug-likeness (QED) is 0.721. The highest BCUT2D eigenvalue weighted by Gasteiger charge is 2.31. The van der Waals surface area contributed by atoms with Crippen molar-refractivity contribution in [3.05, 3.63) is 47.0 Å². The molecule has 2 bridgehead atoms. The Morgan fingerprint density at radius 3 is 2.62 bits per heavy atom. The first-order valence-electron chi connectivity index (χ1n) is 11.2. The second kappa shape index (κ2) is 9.50. The third kappa shape index (κ3) is 4.51. The molecule has 2 aromatic rings. The molecular formula is C23H30N6O3. The average molecular weight is 439 g/mol. The molecule has 0 fully saturated rings. The topological polar surface area (TPSA) is 100 Å². The number of hydrogen-bond acceptors (Lipinski definition) is 5. The van der Waals surface area contributed by atoms with E-state index in [0.717, 1.165) is 24.1 Å². The van der Waals surface area contributed by atoms with Crippen molar-refractivity contribution in [3.63, 3.8) is 0 Å². The van der Waals surface area contributed by atoms with E-state index in [1.54, 1.807) is 34.1 Å². The first kappa shape index (κ1) is 22.0. The van der Waals surface area contributed by atoms with Crippen molar-refractivity contribution in [2.75, 3.05) is 26.7 Å². The van der Waals surface area contributed by atoms with Gasteiger partial charge < -0.3 is 15.1 Å². The molecule has 1 unspecified atom stereocenters. The van der Waals surface area contributed by atoms with Gasteiger partial charge in [-0.25, -0.2) is 0 Å². The molecule has 0 aromatic carbocycles. The van der Waals surface area contributed by atoms with Crippen LogP contribution in [0.5, 0.6) is 0 Å². The van der Waals surface area contributed by atoms with Gasteiger partial charge in [0.2, 0.25) is 5.91 Å². The van der Waals surface area contributed by atoms with Gasteiger partial charge in [0.05, 0.1) is 0 Å². The molecule has 1 N–H and O–H groups in total. The highest BCUT2D eigenvalue weighted by molar-refractivity contribution is 5.94. The van der Waals surface area contributed by atoms with Gasteiger partial charge in [-0.1, -0.05) is 0 Å². The SMILES string of the molecule is CN1C(=O)CCCN(C(=O)c2ccncc2)CCCNC(=O)c2nn(C)c3c2CC1CC3. The molecule has 4 rings (SSSR count). The van der Waals surface area contributed by atoms with E-state index in [0.29, 0.717) is 56.6 Å². The van der Waals surface area contributed by atoms with Crippen LogP contribution in [0.2, 0.25) is 0 Å². The van der Waals surface area contributed by atoms with Crippen LogP contribution in [-0.4, -0.2) is 75.0 Å². The maximum Gasteiger partial charge on any atom is 0.272 e. The number of pyridine rings is 1. The molecule has 32 heavy (non-hydrogen) atoms. The minimum Gasteiger partial charge on any atom is -0.351 e. The van der Waals surface area contributed by atoms with Gasteiger partial charge in [-0.05, 0) is 44.2 Å². The zero-order chi connectivity index (χ0) is 22.7. The first-order chi connectivity index (χ1) is 15.5. The fourth-order valence-electron chi connectivity index (χ4n) is 4.63. The Balaban J connectivity index is 1.55. The molecule has 0 radical (unpaired) electrons. The van der Waals surface area contributed by atoms with Gasteiger partial charge in [0.1, 0.15) is 0 Å². The zero-order valence-electron chi connectivity index (χ0n) is 18.7. The van der Waals surface area contributed by atoms with E-state index in [1.807, 2.05) is 19.0 Å². The Bertz CT molecular complexity index is 1000. The molecule has 3 heterocycles. The summed E-state index contributed by atoms with van der Waals surface area (Å²) >= 11 is 0. The number of amides is 3. The third-order valence-electron chi connectivity index (χ3n) is 6.51. The second-order valence-electron chi connectivity index (χ2n) is 8.54. The summed E-state index contributed by atoms with van der Waals surface area (Å²) in [5, 5.41) is 7.44. The monoisotopic (exact) mass is 438 g/mol. The van der Waals surface area contributed by atoms with Gasteiger partial charge in [0, 0.05) is 75.4 Å². The maximum absolute atomic E-state index is 13.0. The molecule has 1 aliphatic heterocycles. The number of carbonyl (C=O) groups excluding carboxylic acids is 3. The van der Waals surface area contributed by atoms with Crippen molar-refractivity contribution in [1.29, 1.82) is 0 Å². The molecule has 1 aliphatic carbocycles. The molecule has 2 aliphatic rings. The summed E-state index contributed by atoms with van der Waals surface area (Å²) in [6, 6.07) is 3.43. The van der Waals surface area contributed by atoms with E-state index in [-0.39, 0.29) is 23.8 Å². The van der Waals surface area contributed by atoms with Crippen molar-refractivity contribution in [1.82, 2.24) is 29.9 Å². The standard InChI is InChI=1S/C23H30N6O3/c1-27-17-6-7-19-18(15-17)21(26-28(19)2)22(31)25-10-4-14-29(13-3-5-20(27)30)23(32)16-8-11-24-12-9-16/h8-9,11-12,17H,3-7,10,13-15H2,1-2H3,(H,25,31). The lowest BCUT2D eigenvalue weighted by atomic mass is 9.90. The van der Waals surface area contributed by atoms with Crippen LogP contribution in [0.4, 0.5) is 0 Å². The van der Waals surface area contributed by atoms with Crippen LogP contribution < -0.4 is 5.32 Å². The largest absolute Gasteiger partial charge is 0.351 e. The van der Waals surface area contributed by atoms with Crippen molar-refractivity contribution in [3.8, 4) is 0 Å². The second-order valence-corrected chi connectivity index (χ2v) is 8.54. The van der Waals surface area contributed by atoms with Gasteiger partial charge in [0.25, 0.3) is 11.8 Å². The van der Waals surface area contributed by atoms with E-state index in [1.165, 1.54) is 0 Å². The fourth-order valence-corrected chi connectivity index (χ4v) is 4.63. The van der Waals surface area contributed by atoms with Crippen LogP contribution in [0, 0.1) is 0 Å². The zero-order valence-corrected chi connectivity index (χ0v) is 18.7. The van der Waals surface area contributed by atoms with Gasteiger partial charge >= 0.3 is 0 Å². The summed E-state index contributed by atoms with van der Waals surface area (Å²) in [6.07, 6.45) is 7.08. The lowest BCUT2D eigenvalue weighted by molar-refractivity contribution is -0.132.